The van der Waals surface area contributed by atoms with E-state index in [9.17, 15) is 176 Å². The monoisotopic (exact) mass is 1030 g/mol. The molecule has 0 aromatic heterocycles. The van der Waals surface area contributed by atoms with Crippen LogP contribution in [0.3, 0.4) is 0 Å². The maximum atomic E-state index is 13.8. The average molecular weight is 1030 g/mol. The molecule has 370 valence electrons. The quantitative estimate of drug-likeness (QED) is 0.0878. The highest BCUT2D eigenvalue weighted by Gasteiger charge is 2.99. The smallest absolute Gasteiger partial charge is 0.240 e. The molecule has 0 fully saturated rings. The fraction of sp³-hybridized carbons (Fsp3) is 0.900. The molecule has 0 amide bonds. The van der Waals surface area contributed by atoms with E-state index in [1.807, 2.05) is 0 Å². The molecular formula is C20F38O4. The Morgan fingerprint density at radius 3 is 0.435 bits per heavy atom. The largest absolute Gasteiger partial charge is 0.460 e. The van der Waals surface area contributed by atoms with Gasteiger partial charge >= 0.3 is 119 Å². The maximum absolute atomic E-state index is 13.8. The van der Waals surface area contributed by atoms with Crippen molar-refractivity contribution in [2.24, 2.45) is 0 Å². The lowest BCUT2D eigenvalue weighted by Crippen LogP contribution is -2.76. The molecule has 0 atom stereocenters. The number of rotatable bonds is 16. The molecule has 0 N–H and O–H groups in total. The molecule has 0 saturated carbocycles. The van der Waals surface area contributed by atoms with E-state index >= 15 is 0 Å². The predicted molar refractivity (Wildman–Crippen MR) is 103 cm³/mol. The van der Waals surface area contributed by atoms with Gasteiger partial charge in [0.15, 0.2) is 0 Å². The minimum Gasteiger partial charge on any atom is -0.240 e. The van der Waals surface area contributed by atoms with Gasteiger partial charge < -0.3 is 0 Å². The van der Waals surface area contributed by atoms with E-state index in [0.29, 0.717) is 0 Å². The first-order valence-corrected chi connectivity index (χ1v) is 12.7. The number of hydrogen-bond donors (Lipinski definition) is 0. The van der Waals surface area contributed by atoms with Gasteiger partial charge in [0.1, 0.15) is 0 Å². The Labute approximate surface area is 306 Å². The molecule has 0 spiro atoms. The standard InChI is InChI=1S/C20F38O4/c21-3(22,5(25,26)7(29,30)9(33,34)11(37,38)13(41,42)15(45,46)17(49,50)19(53,54)55)1(59)61-62-2(60)4(23,24)6(27,28)8(31,32)10(35,36)12(39,40)14(43,44)16(47,48)18(51,52)20(56,57)58. The van der Waals surface area contributed by atoms with Crippen molar-refractivity contribution in [2.75, 3.05) is 0 Å². The Morgan fingerprint density at radius 1 is 0.194 bits per heavy atom. The van der Waals surface area contributed by atoms with Gasteiger partial charge in [0.25, 0.3) is 0 Å². The summed E-state index contributed by atoms with van der Waals surface area (Å²) in [6.45, 7) is 0. The van der Waals surface area contributed by atoms with Crippen molar-refractivity contribution >= 4 is 11.9 Å². The van der Waals surface area contributed by atoms with Crippen molar-refractivity contribution in [2.45, 2.75) is 107 Å². The fourth-order valence-corrected chi connectivity index (χ4v) is 3.16. The first-order chi connectivity index (χ1) is 26.0. The Kier molecular flexibility index (Phi) is 13.5. The van der Waals surface area contributed by atoms with Crippen molar-refractivity contribution in [3.05, 3.63) is 0 Å². The van der Waals surface area contributed by atoms with E-state index in [1.54, 1.807) is 0 Å². The van der Waals surface area contributed by atoms with Crippen LogP contribution in [-0.2, 0) is 19.4 Å². The summed E-state index contributed by atoms with van der Waals surface area (Å²) in [5.74, 6) is -161. The normalized spacial score (nSPS) is 16.7. The molecule has 4 nitrogen and oxygen atoms in total. The van der Waals surface area contributed by atoms with Gasteiger partial charge in [0.2, 0.25) is 0 Å². The maximum Gasteiger partial charge on any atom is 0.460 e. The lowest BCUT2D eigenvalue weighted by atomic mass is 9.87. The first-order valence-electron chi connectivity index (χ1n) is 12.7. The summed E-state index contributed by atoms with van der Waals surface area (Å²) in [6.07, 6.45) is -16.7. The molecule has 0 aromatic rings. The number of hydrogen-bond acceptors (Lipinski definition) is 4. The van der Waals surface area contributed by atoms with Crippen LogP contribution < -0.4 is 0 Å². The van der Waals surface area contributed by atoms with Crippen LogP contribution in [0, 0.1) is 0 Å². The second-order valence-corrected chi connectivity index (χ2v) is 10.9. The second kappa shape index (κ2) is 14.4. The summed E-state index contributed by atoms with van der Waals surface area (Å²) in [4.78, 5) is 24.9. The average Bonchev–Trinajstić information content (AvgIpc) is 3.04. The number of alkyl halides is 38. The van der Waals surface area contributed by atoms with Gasteiger partial charge in [-0.3, -0.25) is 0 Å². The van der Waals surface area contributed by atoms with Crippen LogP contribution in [0.4, 0.5) is 167 Å². The first kappa shape index (κ1) is 58.3. The molecule has 0 aliphatic carbocycles. The lowest BCUT2D eigenvalue weighted by Gasteiger charge is -2.43. The summed E-state index contributed by atoms with van der Waals surface area (Å²) in [5.41, 5.74) is 0. The third-order valence-electron chi connectivity index (χ3n) is 6.94. The van der Waals surface area contributed by atoms with Gasteiger partial charge in [0, 0.05) is 0 Å². The lowest BCUT2D eigenvalue weighted by molar-refractivity contribution is -0.468. The van der Waals surface area contributed by atoms with E-state index in [1.165, 1.54) is 9.78 Å². The SMILES string of the molecule is O=C(OOC(=O)C(F)(F)C(F)(F)C(F)(F)C(F)(F)C(F)(F)C(F)(F)C(F)(F)C(F)(F)C(F)(F)F)C(F)(F)C(F)(F)C(F)(F)C(F)(F)C(F)(F)C(F)(F)C(F)(F)C(F)(F)C(F)(F)F. The van der Waals surface area contributed by atoms with Crippen LogP contribution in [-0.4, -0.2) is 119 Å². The van der Waals surface area contributed by atoms with Gasteiger partial charge in [0.05, 0.1) is 0 Å². The zero-order chi connectivity index (χ0) is 51.6. The van der Waals surface area contributed by atoms with Crippen molar-refractivity contribution in [1.29, 1.82) is 0 Å². The number of halogens is 38. The minimum atomic E-state index is -9.75. The van der Waals surface area contributed by atoms with Gasteiger partial charge in [-0.05, 0) is 0 Å². The zero-order valence-corrected chi connectivity index (χ0v) is 26.0. The molecule has 0 aliphatic heterocycles. The van der Waals surface area contributed by atoms with Gasteiger partial charge in [-0.15, -0.1) is 0 Å². The zero-order valence-electron chi connectivity index (χ0n) is 26.0. The minimum absolute atomic E-state index is 1.49. The Bertz CT molecular complexity index is 1550. The van der Waals surface area contributed by atoms with Crippen molar-refractivity contribution < 1.29 is 186 Å². The molecule has 0 aliphatic rings. The molecule has 0 bridgehead atoms. The van der Waals surface area contributed by atoms with Crippen molar-refractivity contribution in [1.82, 2.24) is 0 Å². The van der Waals surface area contributed by atoms with Gasteiger partial charge in [-0.1, -0.05) is 0 Å². The summed E-state index contributed by atoms with van der Waals surface area (Å²) in [5, 5.41) is 0. The third kappa shape index (κ3) is 6.95. The molecular weight excluding hydrogens is 1030 g/mol. The summed E-state index contributed by atoms with van der Waals surface area (Å²) >= 11 is 0. The fourth-order valence-electron chi connectivity index (χ4n) is 3.16. The van der Waals surface area contributed by atoms with E-state index in [-0.39, 0.29) is 0 Å². The van der Waals surface area contributed by atoms with E-state index in [2.05, 4.69) is 0 Å². The molecule has 0 heterocycles. The van der Waals surface area contributed by atoms with Crippen LogP contribution in [0.1, 0.15) is 0 Å². The molecule has 0 aromatic carbocycles. The summed E-state index contributed by atoms with van der Waals surface area (Å²) in [6, 6.07) is 0. The molecule has 0 saturated heterocycles. The molecule has 0 unspecified atom stereocenters. The number of carbonyl (C=O) groups excluding carboxylic acids is 2. The molecule has 42 heteroatoms. The van der Waals surface area contributed by atoms with Crippen LogP contribution in [0.25, 0.3) is 0 Å². The third-order valence-corrected chi connectivity index (χ3v) is 6.94. The van der Waals surface area contributed by atoms with E-state index in [4.69, 9.17) is 0 Å². The van der Waals surface area contributed by atoms with E-state index in [0.717, 1.165) is 0 Å². The second-order valence-electron chi connectivity index (χ2n) is 10.9. The van der Waals surface area contributed by atoms with E-state index < -0.39 is 119 Å². The highest BCUT2D eigenvalue weighted by molar-refractivity contribution is 5.82. The molecule has 0 radical (unpaired) electrons. The van der Waals surface area contributed by atoms with Crippen LogP contribution in [0.15, 0.2) is 0 Å². The highest BCUT2D eigenvalue weighted by atomic mass is 19.4. The molecule has 62 heavy (non-hydrogen) atoms. The van der Waals surface area contributed by atoms with Crippen LogP contribution in [0.2, 0.25) is 0 Å². The van der Waals surface area contributed by atoms with Gasteiger partial charge in [-0.25, -0.2) is 19.4 Å². The van der Waals surface area contributed by atoms with Gasteiger partial charge in [-0.2, -0.15) is 167 Å². The van der Waals surface area contributed by atoms with Crippen LogP contribution >= 0.6 is 0 Å². The number of carbonyl (C=O) groups is 2. The molecule has 0 rings (SSSR count). The summed E-state index contributed by atoms with van der Waals surface area (Å²) in [7, 11) is 0. The Balaban J connectivity index is 7.09. The Hall–Kier alpha value is -3.72. The predicted octanol–water partition coefficient (Wildman–Crippen LogP) is 11.3. The topological polar surface area (TPSA) is 52.6 Å². The Morgan fingerprint density at radius 2 is 0.306 bits per heavy atom. The summed E-state index contributed by atoms with van der Waals surface area (Å²) < 4.78 is 504. The van der Waals surface area contributed by atoms with Crippen molar-refractivity contribution in [3.8, 4) is 0 Å². The van der Waals surface area contributed by atoms with Crippen molar-refractivity contribution in [3.63, 3.8) is 0 Å². The van der Waals surface area contributed by atoms with Crippen LogP contribution in [0.5, 0.6) is 0 Å². The highest BCUT2D eigenvalue weighted by Crippen LogP contribution is 2.67.